The molecule has 1 aliphatic rings. The Balaban J connectivity index is 1.91. The van der Waals surface area contributed by atoms with Crippen LogP contribution in [-0.4, -0.2) is 70.3 Å². The summed E-state index contributed by atoms with van der Waals surface area (Å²) in [4.78, 5) is 34.7. The van der Waals surface area contributed by atoms with Gasteiger partial charge in [0.05, 0.1) is 24.4 Å². The van der Waals surface area contributed by atoms with Gasteiger partial charge in [-0.3, -0.25) is 14.0 Å². The average Bonchev–Trinajstić information content (AvgIpc) is 3.28. The van der Waals surface area contributed by atoms with Crippen LogP contribution in [0.5, 0.6) is 5.75 Å². The summed E-state index contributed by atoms with van der Waals surface area (Å²) < 4.78 is 7.15. The van der Waals surface area contributed by atoms with E-state index in [0.717, 1.165) is 12.1 Å². The summed E-state index contributed by atoms with van der Waals surface area (Å²) in [6.45, 7) is 4.87. The Morgan fingerprint density at radius 1 is 1.18 bits per heavy atom. The number of amides is 1. The van der Waals surface area contributed by atoms with Crippen LogP contribution in [0.3, 0.4) is 0 Å². The number of likely N-dealkylation sites (tertiary alicyclic amines) is 1. The van der Waals surface area contributed by atoms with Crippen molar-refractivity contribution in [3.05, 3.63) is 70.7 Å². The molecule has 1 amide bonds. The quantitative estimate of drug-likeness (QED) is 0.329. The fourth-order valence-electron chi connectivity index (χ4n) is 4.56. The van der Waals surface area contributed by atoms with E-state index in [1.54, 1.807) is 41.7 Å². The lowest BCUT2D eigenvalue weighted by Crippen LogP contribution is -2.32. The lowest BCUT2D eigenvalue weighted by molar-refractivity contribution is -0.139. The summed E-state index contributed by atoms with van der Waals surface area (Å²) in [5.74, 6) is -0.928. The number of hydrogen-bond acceptors (Lipinski definition) is 6. The van der Waals surface area contributed by atoms with E-state index in [1.165, 1.54) is 0 Å². The number of aliphatic hydroxyl groups is 1. The molecule has 0 radical (unpaired) electrons. The van der Waals surface area contributed by atoms with Gasteiger partial charge in [-0.1, -0.05) is 18.2 Å². The first-order valence-corrected chi connectivity index (χ1v) is 11.3. The minimum atomic E-state index is -0.730. The van der Waals surface area contributed by atoms with Crippen molar-refractivity contribution in [2.45, 2.75) is 26.3 Å². The number of carbonyl (C=O) groups is 2. The number of ether oxygens (including phenoxy) is 1. The van der Waals surface area contributed by atoms with Gasteiger partial charge in [0.2, 0.25) is 0 Å². The number of fused-ring (bicyclic) bond motifs is 1. The molecule has 8 heteroatoms. The van der Waals surface area contributed by atoms with Gasteiger partial charge in [0.25, 0.3) is 11.7 Å². The largest absolute Gasteiger partial charge is 0.505 e. The van der Waals surface area contributed by atoms with E-state index in [2.05, 4.69) is 4.98 Å². The van der Waals surface area contributed by atoms with Gasteiger partial charge in [-0.05, 0) is 70.2 Å². The lowest BCUT2D eigenvalue weighted by atomic mass is 9.96. The van der Waals surface area contributed by atoms with Gasteiger partial charge in [-0.15, -0.1) is 0 Å². The SMILES string of the molecule is COc1cccc([C@H]2/C(=C(\O)c3c(C)nc4c(C)cccn34)C(=O)C(=O)N2CCCN(C)C)c1. The predicted octanol–water partition coefficient (Wildman–Crippen LogP) is 3.33. The Labute approximate surface area is 199 Å². The molecule has 1 aliphatic heterocycles. The van der Waals surface area contributed by atoms with E-state index in [9.17, 15) is 14.7 Å². The van der Waals surface area contributed by atoms with Crippen LogP contribution in [-0.2, 0) is 9.59 Å². The Morgan fingerprint density at radius 2 is 1.94 bits per heavy atom. The molecule has 1 N–H and O–H groups in total. The third-order valence-electron chi connectivity index (χ3n) is 6.20. The number of methoxy groups -OCH3 is 1. The van der Waals surface area contributed by atoms with Gasteiger partial charge in [-0.25, -0.2) is 4.98 Å². The van der Waals surface area contributed by atoms with Crippen LogP contribution in [0.2, 0.25) is 0 Å². The molecule has 178 valence electrons. The number of imidazole rings is 1. The van der Waals surface area contributed by atoms with Crippen LogP contribution < -0.4 is 4.74 Å². The second-order valence-corrected chi connectivity index (χ2v) is 8.86. The van der Waals surface area contributed by atoms with Gasteiger partial charge in [0.15, 0.2) is 5.76 Å². The fraction of sp³-hybridized carbons (Fsp3) is 0.346. The van der Waals surface area contributed by atoms with Crippen molar-refractivity contribution >= 4 is 23.1 Å². The molecule has 1 atom stereocenters. The van der Waals surface area contributed by atoms with E-state index in [1.807, 2.05) is 50.2 Å². The molecule has 4 rings (SSSR count). The molecular weight excluding hydrogens is 432 g/mol. The molecule has 0 spiro atoms. The minimum absolute atomic E-state index is 0.0644. The van der Waals surface area contributed by atoms with E-state index in [-0.39, 0.29) is 11.3 Å². The molecule has 3 aromatic rings. The van der Waals surface area contributed by atoms with E-state index in [4.69, 9.17) is 4.74 Å². The molecule has 1 fully saturated rings. The van der Waals surface area contributed by atoms with Crippen molar-refractivity contribution in [3.63, 3.8) is 0 Å². The monoisotopic (exact) mass is 462 g/mol. The van der Waals surface area contributed by atoms with Crippen LogP contribution in [0, 0.1) is 13.8 Å². The van der Waals surface area contributed by atoms with Gasteiger partial charge < -0.3 is 19.6 Å². The van der Waals surface area contributed by atoms with Gasteiger partial charge in [-0.2, -0.15) is 0 Å². The molecule has 0 bridgehead atoms. The van der Waals surface area contributed by atoms with Crippen molar-refractivity contribution in [1.29, 1.82) is 0 Å². The maximum atomic E-state index is 13.3. The zero-order valence-electron chi connectivity index (χ0n) is 20.2. The normalized spacial score (nSPS) is 17.8. The Hall–Kier alpha value is -3.65. The number of aliphatic hydroxyl groups excluding tert-OH is 1. The molecule has 0 aliphatic carbocycles. The minimum Gasteiger partial charge on any atom is -0.505 e. The second kappa shape index (κ2) is 9.30. The molecular formula is C26H30N4O4. The highest BCUT2D eigenvalue weighted by Crippen LogP contribution is 2.41. The number of carbonyl (C=O) groups excluding carboxylic acids is 2. The Bertz CT molecular complexity index is 1290. The molecule has 2 aromatic heterocycles. The highest BCUT2D eigenvalue weighted by Gasteiger charge is 2.46. The maximum absolute atomic E-state index is 13.3. The van der Waals surface area contributed by atoms with Gasteiger partial charge in [0, 0.05) is 12.7 Å². The Kier molecular flexibility index (Phi) is 6.43. The van der Waals surface area contributed by atoms with E-state index in [0.29, 0.717) is 41.3 Å². The summed E-state index contributed by atoms with van der Waals surface area (Å²) >= 11 is 0. The van der Waals surface area contributed by atoms with Crippen molar-refractivity contribution in [2.24, 2.45) is 0 Å². The number of nitrogens with zero attached hydrogens (tertiary/aromatic N) is 4. The first-order chi connectivity index (χ1) is 16.2. The summed E-state index contributed by atoms with van der Waals surface area (Å²) in [5, 5.41) is 11.5. The number of benzene rings is 1. The zero-order chi connectivity index (χ0) is 24.6. The lowest BCUT2D eigenvalue weighted by Gasteiger charge is -2.26. The first kappa shape index (κ1) is 23.5. The van der Waals surface area contributed by atoms with Crippen LogP contribution in [0.15, 0.2) is 48.2 Å². The van der Waals surface area contributed by atoms with E-state index >= 15 is 0 Å². The molecule has 3 heterocycles. The number of ketones is 1. The third-order valence-corrected chi connectivity index (χ3v) is 6.20. The predicted molar refractivity (Wildman–Crippen MR) is 130 cm³/mol. The molecule has 34 heavy (non-hydrogen) atoms. The van der Waals surface area contributed by atoms with Crippen molar-refractivity contribution in [1.82, 2.24) is 19.2 Å². The van der Waals surface area contributed by atoms with Gasteiger partial charge >= 0.3 is 0 Å². The number of pyridine rings is 1. The van der Waals surface area contributed by atoms with Crippen LogP contribution in [0.1, 0.15) is 35.0 Å². The molecule has 0 unspecified atom stereocenters. The average molecular weight is 463 g/mol. The molecule has 1 aromatic carbocycles. The first-order valence-electron chi connectivity index (χ1n) is 11.3. The summed E-state index contributed by atoms with van der Waals surface area (Å²) in [6, 6.07) is 10.3. The number of Topliss-reactive ketones (excluding diaryl/α,β-unsaturated/α-hetero) is 1. The highest BCUT2D eigenvalue weighted by molar-refractivity contribution is 6.46. The molecule has 0 saturated carbocycles. The Morgan fingerprint density at radius 3 is 2.65 bits per heavy atom. The fourth-order valence-corrected chi connectivity index (χ4v) is 4.56. The van der Waals surface area contributed by atoms with Crippen molar-refractivity contribution < 1.29 is 19.4 Å². The van der Waals surface area contributed by atoms with Crippen LogP contribution in [0.4, 0.5) is 0 Å². The summed E-state index contributed by atoms with van der Waals surface area (Å²) in [5.41, 5.74) is 3.40. The number of aryl methyl sites for hydroxylation is 2. The number of hydrogen-bond donors (Lipinski definition) is 1. The molecule has 8 nitrogen and oxygen atoms in total. The molecule has 1 saturated heterocycles. The van der Waals surface area contributed by atoms with Gasteiger partial charge in [0.1, 0.15) is 17.1 Å². The van der Waals surface area contributed by atoms with Crippen LogP contribution >= 0.6 is 0 Å². The number of rotatable bonds is 7. The van der Waals surface area contributed by atoms with Crippen molar-refractivity contribution in [2.75, 3.05) is 34.3 Å². The summed E-state index contributed by atoms with van der Waals surface area (Å²) in [7, 11) is 5.49. The smallest absolute Gasteiger partial charge is 0.295 e. The summed E-state index contributed by atoms with van der Waals surface area (Å²) in [6.07, 6.45) is 2.49. The van der Waals surface area contributed by atoms with Crippen molar-refractivity contribution in [3.8, 4) is 5.75 Å². The van der Waals surface area contributed by atoms with E-state index < -0.39 is 17.7 Å². The number of aromatic nitrogens is 2. The highest BCUT2D eigenvalue weighted by atomic mass is 16.5. The van der Waals surface area contributed by atoms with Crippen LogP contribution in [0.25, 0.3) is 11.4 Å². The standard InChI is InChI=1S/C26H30N4O4/c1-16-9-7-13-29-21(17(2)27-25(16)29)23(31)20-22(18-10-6-11-19(15-18)34-5)30(26(33)24(20)32)14-8-12-28(3)4/h6-7,9-11,13,15,22,31H,8,12,14H2,1-5H3/b23-20+/t22-/m0/s1. The second-order valence-electron chi connectivity index (χ2n) is 8.86. The maximum Gasteiger partial charge on any atom is 0.295 e. The topological polar surface area (TPSA) is 87.4 Å². The third kappa shape index (κ3) is 4.05. The zero-order valence-corrected chi connectivity index (χ0v) is 20.2.